The quantitative estimate of drug-likeness (QED) is 0.401. The van der Waals surface area contributed by atoms with Crippen molar-refractivity contribution in [2.24, 2.45) is 0 Å². The van der Waals surface area contributed by atoms with E-state index in [1.54, 1.807) is 0 Å². The Bertz CT molecular complexity index is 156. The fourth-order valence-corrected chi connectivity index (χ4v) is 0.287. The minimum Gasteiger partial charge on any atom is -0.478 e. The van der Waals surface area contributed by atoms with Crippen LogP contribution in [0, 0.1) is 0 Å². The second-order valence-electron chi connectivity index (χ2n) is 1.78. The minimum absolute atomic E-state index is 0. The van der Waals surface area contributed by atoms with Crippen molar-refractivity contribution < 1.29 is 9.90 Å². The number of carboxylic acids is 1. The smallest absolute Gasteiger partial charge is 0.327 e. The van der Waals surface area contributed by atoms with E-state index in [9.17, 15) is 4.79 Å². The standard InChI is InChI=1S/C6H11N.C3H4O2.2ClH.H3N/c1-3-5-7-6-4-2;1-2-3(4)5;;;/h3-4,7H,1-2,5-6H2;2H,1H2,(H,4,5);2*1H;1H3. The van der Waals surface area contributed by atoms with Crippen molar-refractivity contribution in [2.45, 2.75) is 0 Å². The molecule has 0 aliphatic rings. The van der Waals surface area contributed by atoms with E-state index in [1.165, 1.54) is 0 Å². The van der Waals surface area contributed by atoms with Gasteiger partial charge in [0.25, 0.3) is 0 Å². The molecular formula is C9H20Cl2N2O2. The number of aliphatic carboxylic acids is 1. The molecule has 0 aromatic rings. The molecule has 0 fully saturated rings. The number of halogens is 2. The first-order chi connectivity index (χ1) is 5.68. The van der Waals surface area contributed by atoms with E-state index in [0.717, 1.165) is 19.2 Å². The van der Waals surface area contributed by atoms with E-state index >= 15 is 0 Å². The molecule has 0 spiro atoms. The highest BCUT2D eigenvalue weighted by atomic mass is 35.5. The van der Waals surface area contributed by atoms with Gasteiger partial charge in [0.15, 0.2) is 0 Å². The number of nitrogens with one attached hydrogen (secondary N) is 1. The summed E-state index contributed by atoms with van der Waals surface area (Å²) in [5.74, 6) is -0.981. The Balaban J connectivity index is -0.0000000383. The van der Waals surface area contributed by atoms with Crippen LogP contribution < -0.4 is 11.5 Å². The molecule has 0 heterocycles. The summed E-state index contributed by atoms with van der Waals surface area (Å²) in [5, 5.41) is 10.7. The maximum absolute atomic E-state index is 9.25. The van der Waals surface area contributed by atoms with Gasteiger partial charge in [0.1, 0.15) is 0 Å². The minimum atomic E-state index is -0.981. The molecule has 0 bridgehead atoms. The van der Waals surface area contributed by atoms with Crippen LogP contribution in [0.1, 0.15) is 0 Å². The molecule has 0 rings (SSSR count). The monoisotopic (exact) mass is 258 g/mol. The first kappa shape index (κ1) is 29.2. The second kappa shape index (κ2) is 29.2. The maximum atomic E-state index is 9.25. The van der Waals surface area contributed by atoms with Gasteiger partial charge < -0.3 is 16.6 Å². The second-order valence-corrected chi connectivity index (χ2v) is 1.78. The summed E-state index contributed by atoms with van der Waals surface area (Å²) < 4.78 is 0. The SMILES string of the molecule is C=CC(=O)O.C=CCNCC=C.Cl.Cl.N. The van der Waals surface area contributed by atoms with Gasteiger partial charge in [-0.25, -0.2) is 4.79 Å². The Kier molecular flexibility index (Phi) is 56.9. The predicted octanol–water partition coefficient (Wildman–Crippen LogP) is 2.21. The zero-order valence-corrected chi connectivity index (χ0v) is 10.3. The molecule has 0 aromatic carbocycles. The van der Waals surface area contributed by atoms with Crippen LogP contribution in [0.3, 0.4) is 0 Å². The highest BCUT2D eigenvalue weighted by molar-refractivity contribution is 5.85. The molecule has 0 saturated heterocycles. The molecule has 5 N–H and O–H groups in total. The third kappa shape index (κ3) is 61.3. The van der Waals surface area contributed by atoms with Gasteiger partial charge in [0.2, 0.25) is 0 Å². The molecule has 0 aliphatic heterocycles. The first-order valence-corrected chi connectivity index (χ1v) is 3.46. The van der Waals surface area contributed by atoms with E-state index < -0.39 is 5.97 Å². The van der Waals surface area contributed by atoms with Crippen LogP contribution in [0.25, 0.3) is 0 Å². The van der Waals surface area contributed by atoms with Gasteiger partial charge in [-0.1, -0.05) is 18.7 Å². The topological polar surface area (TPSA) is 84.3 Å². The van der Waals surface area contributed by atoms with Gasteiger partial charge in [-0.05, 0) is 0 Å². The lowest BCUT2D eigenvalue weighted by atomic mass is 10.5. The molecular weight excluding hydrogens is 239 g/mol. The lowest BCUT2D eigenvalue weighted by Gasteiger charge is -1.90. The first-order valence-electron chi connectivity index (χ1n) is 3.46. The van der Waals surface area contributed by atoms with Crippen molar-refractivity contribution in [1.82, 2.24) is 11.5 Å². The van der Waals surface area contributed by atoms with Gasteiger partial charge in [-0.3, -0.25) is 0 Å². The zero-order valence-electron chi connectivity index (χ0n) is 8.65. The van der Waals surface area contributed by atoms with Gasteiger partial charge in [0, 0.05) is 19.2 Å². The van der Waals surface area contributed by atoms with Crippen LogP contribution in [-0.4, -0.2) is 24.2 Å². The Morgan fingerprint density at radius 2 is 1.40 bits per heavy atom. The third-order valence-corrected chi connectivity index (χ3v) is 0.752. The lowest BCUT2D eigenvalue weighted by molar-refractivity contribution is -0.131. The average molecular weight is 259 g/mol. The van der Waals surface area contributed by atoms with Crippen LogP contribution in [0.4, 0.5) is 0 Å². The number of hydrogen-bond donors (Lipinski definition) is 3. The summed E-state index contributed by atoms with van der Waals surface area (Å²) in [4.78, 5) is 9.25. The number of carbonyl (C=O) groups is 1. The molecule has 0 unspecified atom stereocenters. The van der Waals surface area contributed by atoms with E-state index in [0.29, 0.717) is 0 Å². The Labute approximate surface area is 104 Å². The summed E-state index contributed by atoms with van der Waals surface area (Å²) in [6.45, 7) is 11.8. The Morgan fingerprint density at radius 3 is 1.53 bits per heavy atom. The molecule has 0 aromatic heterocycles. The molecule has 0 amide bonds. The summed E-state index contributed by atoms with van der Waals surface area (Å²) >= 11 is 0. The molecule has 92 valence electrons. The van der Waals surface area contributed by atoms with Crippen LogP contribution in [0.5, 0.6) is 0 Å². The van der Waals surface area contributed by atoms with Crippen LogP contribution in [0.15, 0.2) is 38.0 Å². The molecule has 0 saturated carbocycles. The summed E-state index contributed by atoms with van der Waals surface area (Å²) in [6, 6.07) is 0. The maximum Gasteiger partial charge on any atom is 0.327 e. The number of rotatable bonds is 5. The van der Waals surface area contributed by atoms with Crippen molar-refractivity contribution in [1.29, 1.82) is 0 Å². The van der Waals surface area contributed by atoms with Gasteiger partial charge in [-0.2, -0.15) is 0 Å². The molecule has 0 radical (unpaired) electrons. The molecule has 0 aliphatic carbocycles. The normalized spacial score (nSPS) is 5.87. The number of carboxylic acid groups (broad SMARTS) is 1. The molecule has 15 heavy (non-hydrogen) atoms. The molecule has 6 heteroatoms. The largest absolute Gasteiger partial charge is 0.478 e. The molecule has 0 atom stereocenters. The van der Waals surface area contributed by atoms with E-state index in [4.69, 9.17) is 5.11 Å². The van der Waals surface area contributed by atoms with Crippen molar-refractivity contribution >= 4 is 30.8 Å². The highest BCUT2D eigenvalue weighted by Gasteiger charge is 1.73. The van der Waals surface area contributed by atoms with Gasteiger partial charge in [0.05, 0.1) is 0 Å². The van der Waals surface area contributed by atoms with Crippen LogP contribution >= 0.6 is 24.8 Å². The van der Waals surface area contributed by atoms with Crippen molar-refractivity contribution in [3.63, 3.8) is 0 Å². The van der Waals surface area contributed by atoms with Crippen molar-refractivity contribution in [3.8, 4) is 0 Å². The zero-order chi connectivity index (χ0) is 9.82. The fraction of sp³-hybridized carbons (Fsp3) is 0.222. The fourth-order valence-electron chi connectivity index (χ4n) is 0.287. The summed E-state index contributed by atoms with van der Waals surface area (Å²) in [7, 11) is 0. The molecule has 4 nitrogen and oxygen atoms in total. The predicted molar refractivity (Wildman–Crippen MR) is 70.6 cm³/mol. The summed E-state index contributed by atoms with van der Waals surface area (Å²) in [5.41, 5.74) is 0. The highest BCUT2D eigenvalue weighted by Crippen LogP contribution is 1.59. The van der Waals surface area contributed by atoms with E-state index in [-0.39, 0.29) is 31.0 Å². The number of hydrogen-bond acceptors (Lipinski definition) is 3. The Morgan fingerprint density at radius 1 is 1.13 bits per heavy atom. The average Bonchev–Trinajstić information content (AvgIpc) is 2.07. The van der Waals surface area contributed by atoms with Crippen LogP contribution in [-0.2, 0) is 4.79 Å². The van der Waals surface area contributed by atoms with E-state index in [2.05, 4.69) is 25.1 Å². The Hall–Kier alpha value is -0.810. The lowest BCUT2D eigenvalue weighted by Crippen LogP contribution is -2.11. The van der Waals surface area contributed by atoms with Crippen molar-refractivity contribution in [3.05, 3.63) is 38.0 Å². The summed E-state index contributed by atoms with van der Waals surface area (Å²) in [6.07, 6.45) is 4.48. The van der Waals surface area contributed by atoms with Gasteiger partial charge >= 0.3 is 5.97 Å². The van der Waals surface area contributed by atoms with E-state index in [1.807, 2.05) is 12.2 Å². The van der Waals surface area contributed by atoms with Gasteiger partial charge in [-0.15, -0.1) is 38.0 Å². The van der Waals surface area contributed by atoms with Crippen molar-refractivity contribution in [2.75, 3.05) is 13.1 Å². The van der Waals surface area contributed by atoms with Crippen LogP contribution in [0.2, 0.25) is 0 Å². The third-order valence-electron chi connectivity index (χ3n) is 0.752.